The molecule has 20 heavy (non-hydrogen) atoms. The van der Waals surface area contributed by atoms with Gasteiger partial charge in [-0.3, -0.25) is 9.59 Å². The number of benzene rings is 1. The van der Waals surface area contributed by atoms with Crippen LogP contribution in [0.2, 0.25) is 0 Å². The summed E-state index contributed by atoms with van der Waals surface area (Å²) in [7, 11) is 1.31. The van der Waals surface area contributed by atoms with Gasteiger partial charge in [0.15, 0.2) is 0 Å². The molecule has 0 fully saturated rings. The van der Waals surface area contributed by atoms with Crippen molar-refractivity contribution in [1.29, 1.82) is 0 Å². The quantitative estimate of drug-likeness (QED) is 0.592. The van der Waals surface area contributed by atoms with Crippen LogP contribution in [0.15, 0.2) is 30.3 Å². The first kappa shape index (κ1) is 15.9. The molecule has 1 aromatic carbocycles. The summed E-state index contributed by atoms with van der Waals surface area (Å²) in [4.78, 5) is 24.5. The number of halogens is 1. The molecule has 0 heterocycles. The van der Waals surface area contributed by atoms with Crippen LogP contribution in [-0.4, -0.2) is 37.0 Å². The monoisotopic (exact) mass is 279 g/mol. The van der Waals surface area contributed by atoms with Gasteiger partial charge in [0.2, 0.25) is 5.91 Å². The molecule has 0 aliphatic carbocycles. The van der Waals surface area contributed by atoms with Gasteiger partial charge in [0.1, 0.15) is 5.82 Å². The molecule has 0 saturated heterocycles. The third kappa shape index (κ3) is 5.22. The number of methoxy groups -OCH3 is 1. The van der Waals surface area contributed by atoms with Gasteiger partial charge < -0.3 is 9.64 Å². The highest BCUT2D eigenvalue weighted by Gasteiger charge is 2.10. The predicted molar refractivity (Wildman–Crippen MR) is 74.3 cm³/mol. The van der Waals surface area contributed by atoms with Gasteiger partial charge >= 0.3 is 5.97 Å². The van der Waals surface area contributed by atoms with Crippen LogP contribution in [0, 0.1) is 5.82 Å². The minimum atomic E-state index is -0.348. The van der Waals surface area contributed by atoms with Crippen LogP contribution in [0.4, 0.5) is 4.39 Å². The maximum Gasteiger partial charge on any atom is 0.307 e. The lowest BCUT2D eigenvalue weighted by Gasteiger charge is -2.18. The van der Waals surface area contributed by atoms with Gasteiger partial charge in [0, 0.05) is 19.2 Å². The van der Waals surface area contributed by atoms with Crippen LogP contribution >= 0.6 is 0 Å². The third-order valence-electron chi connectivity index (χ3n) is 2.80. The largest absolute Gasteiger partial charge is 0.469 e. The number of hydrogen-bond acceptors (Lipinski definition) is 3. The molecule has 108 valence electrons. The summed E-state index contributed by atoms with van der Waals surface area (Å²) < 4.78 is 17.3. The van der Waals surface area contributed by atoms with Gasteiger partial charge in [-0.05, 0) is 30.7 Å². The van der Waals surface area contributed by atoms with E-state index in [1.807, 2.05) is 6.92 Å². The molecule has 1 aromatic rings. The van der Waals surface area contributed by atoms with Crippen molar-refractivity contribution in [2.24, 2.45) is 0 Å². The Morgan fingerprint density at radius 1 is 1.30 bits per heavy atom. The highest BCUT2D eigenvalue weighted by Crippen LogP contribution is 2.05. The fourth-order valence-electron chi connectivity index (χ4n) is 1.60. The summed E-state index contributed by atoms with van der Waals surface area (Å²) in [6, 6.07) is 5.84. The second kappa shape index (κ2) is 8.09. The number of nitrogens with zero attached hydrogens (tertiary/aromatic N) is 1. The molecule has 0 radical (unpaired) electrons. The van der Waals surface area contributed by atoms with E-state index in [4.69, 9.17) is 0 Å². The smallest absolute Gasteiger partial charge is 0.307 e. The highest BCUT2D eigenvalue weighted by atomic mass is 19.1. The van der Waals surface area contributed by atoms with Crippen molar-refractivity contribution in [3.8, 4) is 0 Å². The van der Waals surface area contributed by atoms with E-state index in [2.05, 4.69) is 4.74 Å². The minimum absolute atomic E-state index is 0.167. The molecule has 0 aliphatic heterocycles. The first-order valence-electron chi connectivity index (χ1n) is 6.36. The van der Waals surface area contributed by atoms with Crippen LogP contribution in [0.3, 0.4) is 0 Å². The Hall–Kier alpha value is -2.17. The van der Waals surface area contributed by atoms with E-state index in [1.54, 1.807) is 18.2 Å². The number of hydrogen-bond donors (Lipinski definition) is 0. The molecule has 0 saturated carbocycles. The van der Waals surface area contributed by atoms with Crippen molar-refractivity contribution in [2.45, 2.75) is 13.3 Å². The molecular weight excluding hydrogens is 261 g/mol. The Morgan fingerprint density at radius 2 is 1.95 bits per heavy atom. The van der Waals surface area contributed by atoms with Crippen molar-refractivity contribution in [2.75, 3.05) is 20.2 Å². The highest BCUT2D eigenvalue weighted by molar-refractivity contribution is 5.92. The maximum atomic E-state index is 12.7. The van der Waals surface area contributed by atoms with Crippen LogP contribution < -0.4 is 0 Å². The standard InChI is InChI=1S/C15H18FNO3/c1-3-17(11-10-15(19)20-2)14(18)9-6-12-4-7-13(16)8-5-12/h4-9H,3,10-11H2,1-2H3/b9-6+. The van der Waals surface area contributed by atoms with Crippen LogP contribution in [0.25, 0.3) is 6.08 Å². The van der Waals surface area contributed by atoms with Gasteiger partial charge in [-0.1, -0.05) is 12.1 Å². The van der Waals surface area contributed by atoms with Gasteiger partial charge in [-0.15, -0.1) is 0 Å². The summed E-state index contributed by atoms with van der Waals surface area (Å²) in [6.07, 6.45) is 3.19. The van der Waals surface area contributed by atoms with Gasteiger partial charge in [0.25, 0.3) is 0 Å². The first-order chi connectivity index (χ1) is 9.56. The van der Waals surface area contributed by atoms with Crippen LogP contribution in [0.1, 0.15) is 18.9 Å². The van der Waals surface area contributed by atoms with Gasteiger partial charge in [-0.2, -0.15) is 0 Å². The number of ether oxygens (including phenoxy) is 1. The van der Waals surface area contributed by atoms with Crippen molar-refractivity contribution >= 4 is 18.0 Å². The summed E-state index contributed by atoms with van der Waals surface area (Å²) in [5.41, 5.74) is 0.740. The van der Waals surface area contributed by atoms with E-state index in [0.717, 1.165) is 5.56 Å². The van der Waals surface area contributed by atoms with Crippen LogP contribution in [0.5, 0.6) is 0 Å². The second-order valence-corrected chi connectivity index (χ2v) is 4.13. The zero-order valence-electron chi connectivity index (χ0n) is 11.6. The Balaban J connectivity index is 2.58. The Bertz CT molecular complexity index is 482. The number of esters is 1. The van der Waals surface area contributed by atoms with Crippen molar-refractivity contribution in [3.63, 3.8) is 0 Å². The van der Waals surface area contributed by atoms with Crippen molar-refractivity contribution in [3.05, 3.63) is 41.7 Å². The lowest BCUT2D eigenvalue weighted by Crippen LogP contribution is -2.31. The molecule has 0 N–H and O–H groups in total. The third-order valence-corrected chi connectivity index (χ3v) is 2.80. The molecule has 1 amide bonds. The van der Waals surface area contributed by atoms with E-state index in [0.29, 0.717) is 13.1 Å². The van der Waals surface area contributed by atoms with Crippen molar-refractivity contribution < 1.29 is 18.7 Å². The zero-order chi connectivity index (χ0) is 15.0. The Labute approximate surface area is 117 Å². The molecule has 1 rings (SSSR count). The van der Waals surface area contributed by atoms with Crippen LogP contribution in [-0.2, 0) is 14.3 Å². The van der Waals surface area contributed by atoms with E-state index in [1.165, 1.54) is 30.2 Å². The molecule has 0 atom stereocenters. The maximum absolute atomic E-state index is 12.7. The second-order valence-electron chi connectivity index (χ2n) is 4.13. The van der Waals surface area contributed by atoms with E-state index in [-0.39, 0.29) is 24.1 Å². The number of carbonyl (C=O) groups is 2. The minimum Gasteiger partial charge on any atom is -0.469 e. The molecule has 0 spiro atoms. The Morgan fingerprint density at radius 3 is 2.50 bits per heavy atom. The lowest BCUT2D eigenvalue weighted by molar-refractivity contribution is -0.141. The normalized spacial score (nSPS) is 10.6. The van der Waals surface area contributed by atoms with Gasteiger partial charge in [-0.25, -0.2) is 4.39 Å². The van der Waals surface area contributed by atoms with E-state index < -0.39 is 0 Å². The van der Waals surface area contributed by atoms with E-state index >= 15 is 0 Å². The average Bonchev–Trinajstić information content (AvgIpc) is 2.47. The summed E-state index contributed by atoms with van der Waals surface area (Å²) in [5, 5.41) is 0. The fraction of sp³-hybridized carbons (Fsp3) is 0.333. The lowest BCUT2D eigenvalue weighted by atomic mass is 10.2. The summed E-state index contributed by atoms with van der Waals surface area (Å²) >= 11 is 0. The SMILES string of the molecule is CCN(CCC(=O)OC)C(=O)/C=C/c1ccc(F)cc1. The molecule has 0 unspecified atom stereocenters. The number of rotatable bonds is 6. The first-order valence-corrected chi connectivity index (χ1v) is 6.36. The fourth-order valence-corrected chi connectivity index (χ4v) is 1.60. The predicted octanol–water partition coefficient (Wildman–Crippen LogP) is 2.25. The molecule has 0 bridgehead atoms. The molecule has 0 aromatic heterocycles. The zero-order valence-corrected chi connectivity index (χ0v) is 11.6. The van der Waals surface area contributed by atoms with Crippen molar-refractivity contribution in [1.82, 2.24) is 4.90 Å². The molecule has 5 heteroatoms. The van der Waals surface area contributed by atoms with Gasteiger partial charge in [0.05, 0.1) is 13.5 Å². The summed E-state index contributed by atoms with van der Waals surface area (Å²) in [5.74, 6) is -0.860. The number of likely N-dealkylation sites (N-methyl/N-ethyl adjacent to an activating group) is 1. The topological polar surface area (TPSA) is 46.6 Å². The molecular formula is C15H18FNO3. The Kier molecular flexibility index (Phi) is 6.43. The van der Waals surface area contributed by atoms with E-state index in [9.17, 15) is 14.0 Å². The molecule has 4 nitrogen and oxygen atoms in total. The summed E-state index contributed by atoms with van der Waals surface area (Å²) in [6.45, 7) is 2.65. The number of carbonyl (C=O) groups excluding carboxylic acids is 2. The number of amides is 1. The molecule has 0 aliphatic rings. The average molecular weight is 279 g/mol.